The highest BCUT2D eigenvalue weighted by molar-refractivity contribution is 4.78. The molecular formula is C7H16N2. The van der Waals surface area contributed by atoms with Crippen molar-refractivity contribution in [1.82, 2.24) is 10.6 Å². The van der Waals surface area contributed by atoms with Crippen molar-refractivity contribution >= 4 is 0 Å². The van der Waals surface area contributed by atoms with Gasteiger partial charge in [0.2, 0.25) is 0 Å². The lowest BCUT2D eigenvalue weighted by Crippen LogP contribution is -2.52. The van der Waals surface area contributed by atoms with E-state index in [2.05, 4.69) is 24.5 Å². The van der Waals surface area contributed by atoms with Crippen LogP contribution in [0.5, 0.6) is 0 Å². The first kappa shape index (κ1) is 7.03. The number of hydrogen-bond donors (Lipinski definition) is 2. The van der Waals surface area contributed by atoms with Crippen molar-refractivity contribution in [3.05, 3.63) is 0 Å². The molecule has 0 amide bonds. The van der Waals surface area contributed by atoms with Crippen molar-refractivity contribution in [3.8, 4) is 0 Å². The smallest absolute Gasteiger partial charge is 0.0190 e. The van der Waals surface area contributed by atoms with Gasteiger partial charge in [-0.25, -0.2) is 0 Å². The molecule has 2 atom stereocenters. The van der Waals surface area contributed by atoms with Crippen LogP contribution in [0.2, 0.25) is 0 Å². The molecule has 0 saturated carbocycles. The van der Waals surface area contributed by atoms with E-state index in [-0.39, 0.29) is 0 Å². The number of hydrogen-bond acceptors (Lipinski definition) is 2. The highest BCUT2D eigenvalue weighted by Crippen LogP contribution is 1.95. The standard InChI is InChI=1S/C7H16N2/c1-3-7-5-8-6(2)4-9-7/h6-9H,3-5H2,1-2H3/t6-,7-/m0/s1. The van der Waals surface area contributed by atoms with E-state index in [1.54, 1.807) is 0 Å². The third kappa shape index (κ3) is 1.95. The van der Waals surface area contributed by atoms with Crippen LogP contribution in [0.1, 0.15) is 20.3 Å². The van der Waals surface area contributed by atoms with Gasteiger partial charge in [0.25, 0.3) is 0 Å². The molecule has 1 aliphatic heterocycles. The lowest BCUT2D eigenvalue weighted by molar-refractivity contribution is 0.354. The second kappa shape index (κ2) is 3.18. The Balaban J connectivity index is 2.18. The number of rotatable bonds is 1. The Morgan fingerprint density at radius 3 is 2.56 bits per heavy atom. The van der Waals surface area contributed by atoms with Gasteiger partial charge in [0, 0.05) is 25.2 Å². The molecule has 0 aromatic rings. The monoisotopic (exact) mass is 128 g/mol. The van der Waals surface area contributed by atoms with Gasteiger partial charge in [-0.3, -0.25) is 0 Å². The van der Waals surface area contributed by atoms with Crippen LogP contribution in [0.4, 0.5) is 0 Å². The Hall–Kier alpha value is -0.0800. The zero-order valence-corrected chi connectivity index (χ0v) is 6.28. The van der Waals surface area contributed by atoms with Crippen LogP contribution in [-0.4, -0.2) is 25.2 Å². The van der Waals surface area contributed by atoms with Gasteiger partial charge in [-0.1, -0.05) is 6.92 Å². The Labute approximate surface area is 57.0 Å². The lowest BCUT2D eigenvalue weighted by atomic mass is 10.1. The second-order valence-corrected chi connectivity index (χ2v) is 2.82. The Bertz CT molecular complexity index is 75.0. The third-order valence-electron chi connectivity index (χ3n) is 1.92. The van der Waals surface area contributed by atoms with E-state index < -0.39 is 0 Å². The summed E-state index contributed by atoms with van der Waals surface area (Å²) in [5, 5.41) is 6.88. The summed E-state index contributed by atoms with van der Waals surface area (Å²) in [6.07, 6.45) is 1.24. The van der Waals surface area contributed by atoms with E-state index in [1.165, 1.54) is 6.42 Å². The van der Waals surface area contributed by atoms with E-state index in [0.717, 1.165) is 13.1 Å². The molecule has 0 aliphatic carbocycles. The van der Waals surface area contributed by atoms with Crippen LogP contribution in [0.15, 0.2) is 0 Å². The van der Waals surface area contributed by atoms with Gasteiger partial charge in [0.15, 0.2) is 0 Å². The van der Waals surface area contributed by atoms with Crippen LogP contribution in [0.25, 0.3) is 0 Å². The lowest BCUT2D eigenvalue weighted by Gasteiger charge is -2.28. The Morgan fingerprint density at radius 2 is 2.11 bits per heavy atom. The number of piperazine rings is 1. The minimum Gasteiger partial charge on any atom is -0.311 e. The van der Waals surface area contributed by atoms with Crippen LogP contribution < -0.4 is 10.6 Å². The van der Waals surface area contributed by atoms with Crippen molar-refractivity contribution in [2.45, 2.75) is 32.4 Å². The van der Waals surface area contributed by atoms with Gasteiger partial charge in [-0.05, 0) is 13.3 Å². The van der Waals surface area contributed by atoms with Crippen molar-refractivity contribution in [1.29, 1.82) is 0 Å². The summed E-state index contributed by atoms with van der Waals surface area (Å²) in [5.41, 5.74) is 0. The van der Waals surface area contributed by atoms with E-state index in [1.807, 2.05) is 0 Å². The highest BCUT2D eigenvalue weighted by atomic mass is 15.1. The molecule has 9 heavy (non-hydrogen) atoms. The topological polar surface area (TPSA) is 24.1 Å². The summed E-state index contributed by atoms with van der Waals surface area (Å²) in [6.45, 7) is 6.68. The molecule has 0 unspecified atom stereocenters. The SMILES string of the molecule is CC[C@H]1CN[C@@H](C)CN1. The van der Waals surface area contributed by atoms with Gasteiger partial charge < -0.3 is 10.6 Å². The van der Waals surface area contributed by atoms with Crippen molar-refractivity contribution < 1.29 is 0 Å². The van der Waals surface area contributed by atoms with Gasteiger partial charge >= 0.3 is 0 Å². The van der Waals surface area contributed by atoms with Gasteiger partial charge in [-0.15, -0.1) is 0 Å². The van der Waals surface area contributed by atoms with E-state index >= 15 is 0 Å². The molecule has 2 nitrogen and oxygen atoms in total. The fourth-order valence-electron chi connectivity index (χ4n) is 1.12. The van der Waals surface area contributed by atoms with Crippen LogP contribution in [0, 0.1) is 0 Å². The van der Waals surface area contributed by atoms with Crippen molar-refractivity contribution in [3.63, 3.8) is 0 Å². The average Bonchev–Trinajstić information content (AvgIpc) is 1.90. The normalized spacial score (nSPS) is 36.7. The van der Waals surface area contributed by atoms with E-state index in [0.29, 0.717) is 12.1 Å². The molecule has 0 spiro atoms. The molecular weight excluding hydrogens is 112 g/mol. The van der Waals surface area contributed by atoms with Crippen LogP contribution in [0.3, 0.4) is 0 Å². The van der Waals surface area contributed by atoms with Gasteiger partial charge in [-0.2, -0.15) is 0 Å². The first-order valence-electron chi connectivity index (χ1n) is 3.79. The first-order chi connectivity index (χ1) is 4.33. The largest absolute Gasteiger partial charge is 0.311 e. The Morgan fingerprint density at radius 1 is 1.33 bits per heavy atom. The zero-order valence-electron chi connectivity index (χ0n) is 6.28. The Kier molecular flexibility index (Phi) is 2.49. The highest BCUT2D eigenvalue weighted by Gasteiger charge is 2.13. The molecule has 54 valence electrons. The summed E-state index contributed by atoms with van der Waals surface area (Å²) < 4.78 is 0. The fraction of sp³-hybridized carbons (Fsp3) is 1.00. The van der Waals surface area contributed by atoms with Crippen molar-refractivity contribution in [2.75, 3.05) is 13.1 Å². The fourth-order valence-corrected chi connectivity index (χ4v) is 1.12. The third-order valence-corrected chi connectivity index (χ3v) is 1.92. The maximum Gasteiger partial charge on any atom is 0.0190 e. The molecule has 1 heterocycles. The molecule has 0 aromatic heterocycles. The molecule has 0 aromatic carbocycles. The van der Waals surface area contributed by atoms with Gasteiger partial charge in [0.05, 0.1) is 0 Å². The maximum atomic E-state index is 3.46. The van der Waals surface area contributed by atoms with Crippen molar-refractivity contribution in [2.24, 2.45) is 0 Å². The predicted molar refractivity (Wildman–Crippen MR) is 39.5 cm³/mol. The average molecular weight is 128 g/mol. The summed E-state index contributed by atoms with van der Waals surface area (Å²) in [6, 6.07) is 1.37. The molecule has 1 rings (SSSR count). The molecule has 0 bridgehead atoms. The number of nitrogens with one attached hydrogen (secondary N) is 2. The maximum absolute atomic E-state index is 3.46. The minimum absolute atomic E-state index is 0.660. The molecule has 0 radical (unpaired) electrons. The second-order valence-electron chi connectivity index (χ2n) is 2.82. The van der Waals surface area contributed by atoms with E-state index in [9.17, 15) is 0 Å². The summed E-state index contributed by atoms with van der Waals surface area (Å²) in [5.74, 6) is 0. The molecule has 1 fully saturated rings. The van der Waals surface area contributed by atoms with E-state index in [4.69, 9.17) is 0 Å². The summed E-state index contributed by atoms with van der Waals surface area (Å²) >= 11 is 0. The minimum atomic E-state index is 0.660. The molecule has 1 saturated heterocycles. The quantitative estimate of drug-likeness (QED) is 0.532. The molecule has 2 heteroatoms. The zero-order chi connectivity index (χ0) is 6.69. The summed E-state index contributed by atoms with van der Waals surface area (Å²) in [4.78, 5) is 0. The van der Waals surface area contributed by atoms with Crippen LogP contribution >= 0.6 is 0 Å². The molecule has 1 aliphatic rings. The predicted octanol–water partition coefficient (Wildman–Crippen LogP) is 0.346. The first-order valence-corrected chi connectivity index (χ1v) is 3.79. The van der Waals surface area contributed by atoms with Gasteiger partial charge in [0.1, 0.15) is 0 Å². The summed E-state index contributed by atoms with van der Waals surface area (Å²) in [7, 11) is 0. The van der Waals surface area contributed by atoms with Crippen LogP contribution in [-0.2, 0) is 0 Å². The molecule has 2 N–H and O–H groups in total.